The van der Waals surface area contributed by atoms with Crippen LogP contribution in [0.3, 0.4) is 0 Å². The largest absolute Gasteiger partial charge is 0.333 e. The number of rotatable bonds is 5. The Morgan fingerprint density at radius 3 is 2.00 bits per heavy atom. The number of nitrogens with zero attached hydrogens (tertiary/aromatic N) is 3. The molecular weight excluding hydrogens is 532 g/mol. The van der Waals surface area contributed by atoms with Crippen LogP contribution in [-0.2, 0) is 9.59 Å². The Balaban J connectivity index is 1.12. The van der Waals surface area contributed by atoms with Gasteiger partial charge in [0.25, 0.3) is 17.7 Å². The molecule has 9 heteroatoms. The summed E-state index contributed by atoms with van der Waals surface area (Å²) in [6, 6.07) is 24.7. The molecule has 5 aliphatic heterocycles. The van der Waals surface area contributed by atoms with Gasteiger partial charge in [-0.1, -0.05) is 60.7 Å². The van der Waals surface area contributed by atoms with Gasteiger partial charge in [-0.15, -0.1) is 0 Å². The van der Waals surface area contributed by atoms with E-state index in [9.17, 15) is 24.0 Å². The van der Waals surface area contributed by atoms with Crippen molar-refractivity contribution in [3.63, 3.8) is 0 Å². The Morgan fingerprint density at radius 2 is 1.38 bits per heavy atom. The number of carbonyl (C=O) groups is 5. The van der Waals surface area contributed by atoms with Gasteiger partial charge in [-0.05, 0) is 48.6 Å². The van der Waals surface area contributed by atoms with Crippen LogP contribution in [0.15, 0.2) is 78.9 Å². The Hall–Kier alpha value is -4.63. The number of nitrogens with one attached hydrogen (secondary N) is 1. The number of piperidine rings is 3. The number of fused-ring (bicyclic) bond motifs is 4. The molecule has 5 heterocycles. The molecule has 0 saturated carbocycles. The van der Waals surface area contributed by atoms with Crippen molar-refractivity contribution in [3.05, 3.63) is 107 Å². The van der Waals surface area contributed by atoms with Gasteiger partial charge in [0.15, 0.2) is 0 Å². The third kappa shape index (κ3) is 4.32. The van der Waals surface area contributed by atoms with E-state index < -0.39 is 29.7 Å². The van der Waals surface area contributed by atoms with Gasteiger partial charge in [0, 0.05) is 37.2 Å². The summed E-state index contributed by atoms with van der Waals surface area (Å²) >= 11 is 0. The molecule has 0 aromatic heterocycles. The second kappa shape index (κ2) is 10.3. The van der Waals surface area contributed by atoms with Gasteiger partial charge >= 0.3 is 0 Å². The van der Waals surface area contributed by atoms with Crippen LogP contribution in [0.25, 0.3) is 0 Å². The maximum atomic E-state index is 13.9. The first-order chi connectivity index (χ1) is 20.4. The number of amides is 5. The molecule has 3 unspecified atom stereocenters. The summed E-state index contributed by atoms with van der Waals surface area (Å²) in [4.78, 5) is 69.6. The first-order valence-corrected chi connectivity index (χ1v) is 14.4. The van der Waals surface area contributed by atoms with Crippen LogP contribution in [0, 0.1) is 0 Å². The van der Waals surface area contributed by atoms with Gasteiger partial charge in [0.05, 0.1) is 17.2 Å². The summed E-state index contributed by atoms with van der Waals surface area (Å²) in [5.74, 6) is -2.44. The molecule has 0 aliphatic carbocycles. The van der Waals surface area contributed by atoms with E-state index in [0.29, 0.717) is 12.1 Å². The van der Waals surface area contributed by atoms with E-state index in [4.69, 9.17) is 0 Å². The fraction of sp³-hybridized carbons (Fsp3) is 0.303. The van der Waals surface area contributed by atoms with E-state index in [1.54, 1.807) is 6.07 Å². The second-order valence-electron chi connectivity index (χ2n) is 11.5. The molecule has 0 radical (unpaired) electrons. The molecule has 5 aliphatic rings. The zero-order valence-electron chi connectivity index (χ0n) is 22.9. The minimum Gasteiger partial charge on any atom is -0.333 e. The Bertz CT molecular complexity index is 1570. The van der Waals surface area contributed by atoms with Crippen molar-refractivity contribution in [1.29, 1.82) is 0 Å². The summed E-state index contributed by atoms with van der Waals surface area (Å²) < 4.78 is 0. The fourth-order valence-electron chi connectivity index (χ4n) is 7.04. The minimum absolute atomic E-state index is 0.0167. The molecule has 4 fully saturated rings. The lowest BCUT2D eigenvalue weighted by molar-refractivity contribution is -0.136. The number of hydrogen-bond donors (Lipinski definition) is 1. The molecule has 42 heavy (non-hydrogen) atoms. The molecule has 2 bridgehead atoms. The monoisotopic (exact) mass is 562 g/mol. The molecular formula is C33H30N4O5. The van der Waals surface area contributed by atoms with Crippen LogP contribution in [-0.4, -0.2) is 75.5 Å². The lowest BCUT2D eigenvalue weighted by Crippen LogP contribution is -2.64. The Morgan fingerprint density at radius 1 is 0.738 bits per heavy atom. The van der Waals surface area contributed by atoms with E-state index in [2.05, 4.69) is 58.7 Å². The average molecular weight is 563 g/mol. The van der Waals surface area contributed by atoms with Gasteiger partial charge < -0.3 is 4.90 Å². The van der Waals surface area contributed by atoms with Crippen LogP contribution in [0.5, 0.6) is 0 Å². The third-order valence-electron chi connectivity index (χ3n) is 9.08. The quantitative estimate of drug-likeness (QED) is 0.479. The molecule has 9 nitrogen and oxygen atoms in total. The van der Waals surface area contributed by atoms with Gasteiger partial charge in [-0.25, -0.2) is 0 Å². The Labute approximate surface area is 243 Å². The Kier molecular flexibility index (Phi) is 6.46. The summed E-state index contributed by atoms with van der Waals surface area (Å²) in [6.45, 7) is 1.31. The number of hydrogen-bond acceptors (Lipinski definition) is 6. The van der Waals surface area contributed by atoms with E-state index in [0.717, 1.165) is 24.3 Å². The normalized spacial score (nSPS) is 23.9. The van der Waals surface area contributed by atoms with Crippen LogP contribution in [0.4, 0.5) is 0 Å². The number of carbonyl (C=O) groups excluding carboxylic acids is 5. The summed E-state index contributed by atoms with van der Waals surface area (Å²) in [6.07, 6.45) is 2.03. The second-order valence-corrected chi connectivity index (χ2v) is 11.5. The van der Waals surface area contributed by atoms with Crippen molar-refractivity contribution in [2.24, 2.45) is 0 Å². The molecule has 4 saturated heterocycles. The highest BCUT2D eigenvalue weighted by molar-refractivity contribution is 6.24. The maximum absolute atomic E-state index is 13.9. The van der Waals surface area contributed by atoms with Crippen molar-refractivity contribution in [1.82, 2.24) is 20.0 Å². The van der Waals surface area contributed by atoms with Crippen molar-refractivity contribution in [3.8, 4) is 0 Å². The average Bonchev–Trinajstić information content (AvgIpc) is 3.27. The molecule has 8 rings (SSSR count). The van der Waals surface area contributed by atoms with Crippen LogP contribution < -0.4 is 5.32 Å². The number of benzene rings is 3. The number of imide groups is 2. The van der Waals surface area contributed by atoms with E-state index in [-0.39, 0.29) is 48.0 Å². The standard InChI is InChI=1S/C33H30N4O5/c38-28-16-15-27(30(39)34-28)37-32(41)25-14-11-22(17-26(25)33(37)42)31(40)36-19-23-12-13-24(36)18-35(23)29(20-7-3-1-4-8-20)21-9-5-2-6-10-21/h1-11,14,17,23-24,27,29H,12-13,15-16,18-19H2,(H,34,38,39). The number of piperazine rings is 1. The van der Waals surface area contributed by atoms with Crippen LogP contribution >= 0.6 is 0 Å². The topological polar surface area (TPSA) is 107 Å². The van der Waals surface area contributed by atoms with E-state index >= 15 is 0 Å². The maximum Gasteiger partial charge on any atom is 0.262 e. The summed E-state index contributed by atoms with van der Waals surface area (Å²) in [5.41, 5.74) is 3.07. The smallest absolute Gasteiger partial charge is 0.262 e. The molecule has 3 atom stereocenters. The minimum atomic E-state index is -1.04. The van der Waals surface area contributed by atoms with Crippen molar-refractivity contribution in [2.45, 2.75) is 49.9 Å². The van der Waals surface area contributed by atoms with Crippen LogP contribution in [0.1, 0.15) is 73.9 Å². The third-order valence-corrected chi connectivity index (χ3v) is 9.08. The van der Waals surface area contributed by atoms with Gasteiger partial charge in [0.1, 0.15) is 6.04 Å². The van der Waals surface area contributed by atoms with Gasteiger partial charge in [-0.2, -0.15) is 0 Å². The zero-order valence-corrected chi connectivity index (χ0v) is 22.9. The molecule has 212 valence electrons. The van der Waals surface area contributed by atoms with Gasteiger partial charge in [0.2, 0.25) is 11.8 Å². The summed E-state index contributed by atoms with van der Waals surface area (Å²) in [7, 11) is 0. The predicted molar refractivity (Wildman–Crippen MR) is 152 cm³/mol. The van der Waals surface area contributed by atoms with Crippen molar-refractivity contribution in [2.75, 3.05) is 13.1 Å². The SMILES string of the molecule is O=C1CCC(N2C(=O)c3ccc(C(=O)N4CC5CCC4CN5C(c4ccccc4)c4ccccc4)cc3C2=O)C(=O)N1. The lowest BCUT2D eigenvalue weighted by atomic mass is 9.85. The molecule has 5 amide bonds. The van der Waals surface area contributed by atoms with Crippen molar-refractivity contribution >= 4 is 29.5 Å². The highest BCUT2D eigenvalue weighted by Gasteiger charge is 2.47. The van der Waals surface area contributed by atoms with Gasteiger partial charge in [-0.3, -0.25) is 39.1 Å². The molecule has 3 aromatic carbocycles. The highest BCUT2D eigenvalue weighted by Crippen LogP contribution is 2.39. The first-order valence-electron chi connectivity index (χ1n) is 14.4. The lowest BCUT2D eigenvalue weighted by Gasteiger charge is -2.54. The first kappa shape index (κ1) is 26.3. The summed E-state index contributed by atoms with van der Waals surface area (Å²) in [5, 5.41) is 2.21. The fourth-order valence-corrected chi connectivity index (χ4v) is 7.04. The molecule has 1 N–H and O–H groups in total. The van der Waals surface area contributed by atoms with Crippen molar-refractivity contribution < 1.29 is 24.0 Å². The predicted octanol–water partition coefficient (Wildman–Crippen LogP) is 3.17. The van der Waals surface area contributed by atoms with E-state index in [1.165, 1.54) is 23.3 Å². The van der Waals surface area contributed by atoms with Crippen LogP contribution in [0.2, 0.25) is 0 Å². The molecule has 0 spiro atoms. The highest BCUT2D eigenvalue weighted by atomic mass is 16.2. The van der Waals surface area contributed by atoms with E-state index in [1.807, 2.05) is 17.0 Å². The molecule has 3 aromatic rings. The zero-order chi connectivity index (χ0) is 29.0.